The lowest BCUT2D eigenvalue weighted by molar-refractivity contribution is 0.457. The number of hydrogen-bond donors (Lipinski definition) is 1. The van der Waals surface area contributed by atoms with E-state index in [1.54, 1.807) is 24.4 Å². The summed E-state index contributed by atoms with van der Waals surface area (Å²) in [6.07, 6.45) is 1.55. The van der Waals surface area contributed by atoms with Crippen LogP contribution in [0.5, 0.6) is 0 Å². The van der Waals surface area contributed by atoms with Crippen molar-refractivity contribution in [1.29, 1.82) is 0 Å². The second-order valence-corrected chi connectivity index (χ2v) is 4.13. The van der Waals surface area contributed by atoms with E-state index in [1.165, 1.54) is 6.07 Å². The largest absolute Gasteiger partial charge is 0.439 e. The zero-order valence-electron chi connectivity index (χ0n) is 9.90. The van der Waals surface area contributed by atoms with Crippen molar-refractivity contribution in [2.45, 2.75) is 26.4 Å². The second-order valence-electron chi connectivity index (χ2n) is 4.13. The van der Waals surface area contributed by atoms with E-state index >= 15 is 0 Å². The van der Waals surface area contributed by atoms with Crippen LogP contribution >= 0.6 is 0 Å². The quantitative estimate of drug-likeness (QED) is 0.883. The van der Waals surface area contributed by atoms with Gasteiger partial charge in [0, 0.05) is 6.04 Å². The summed E-state index contributed by atoms with van der Waals surface area (Å²) >= 11 is 0. The summed E-state index contributed by atoms with van der Waals surface area (Å²) in [7, 11) is 0. The maximum atomic E-state index is 13.5. The summed E-state index contributed by atoms with van der Waals surface area (Å²) in [5, 5.41) is 3.19. The molecule has 1 heterocycles. The molecule has 2 rings (SSSR count). The van der Waals surface area contributed by atoms with E-state index in [9.17, 15) is 4.39 Å². The fourth-order valence-electron chi connectivity index (χ4n) is 1.47. The molecule has 0 amide bonds. The summed E-state index contributed by atoms with van der Waals surface area (Å²) < 4.78 is 19.0. The van der Waals surface area contributed by atoms with Crippen molar-refractivity contribution in [3.05, 3.63) is 42.2 Å². The van der Waals surface area contributed by atoms with Crippen molar-refractivity contribution in [2.24, 2.45) is 0 Å². The lowest BCUT2D eigenvalue weighted by atomic mass is 10.2. The van der Waals surface area contributed by atoms with Crippen LogP contribution in [-0.4, -0.2) is 11.0 Å². The Labute approximate surface area is 99.7 Å². The summed E-state index contributed by atoms with van der Waals surface area (Å²) in [6.45, 7) is 4.63. The zero-order valence-corrected chi connectivity index (χ0v) is 9.90. The molecule has 90 valence electrons. The third-order valence-electron chi connectivity index (χ3n) is 2.35. The number of nitrogens with one attached hydrogen (secondary N) is 1. The molecule has 1 N–H and O–H groups in total. The van der Waals surface area contributed by atoms with Crippen LogP contribution in [0, 0.1) is 5.82 Å². The molecule has 0 aliphatic heterocycles. The summed E-state index contributed by atoms with van der Waals surface area (Å²) in [4.78, 5) is 4.11. The normalized spacial score (nSPS) is 11.1. The van der Waals surface area contributed by atoms with Gasteiger partial charge in [0.25, 0.3) is 0 Å². The van der Waals surface area contributed by atoms with Gasteiger partial charge in [0.05, 0.1) is 18.3 Å². The van der Waals surface area contributed by atoms with Crippen molar-refractivity contribution in [1.82, 2.24) is 10.3 Å². The van der Waals surface area contributed by atoms with Crippen LogP contribution in [-0.2, 0) is 6.54 Å². The highest BCUT2D eigenvalue weighted by molar-refractivity contribution is 5.56. The molecule has 17 heavy (non-hydrogen) atoms. The van der Waals surface area contributed by atoms with Gasteiger partial charge in [-0.3, -0.25) is 0 Å². The molecule has 1 aromatic carbocycles. The summed E-state index contributed by atoms with van der Waals surface area (Å²) in [5.41, 5.74) is 0.441. The maximum absolute atomic E-state index is 13.5. The average Bonchev–Trinajstić information content (AvgIpc) is 2.75. The number of hydrogen-bond acceptors (Lipinski definition) is 3. The van der Waals surface area contributed by atoms with Gasteiger partial charge in [0.15, 0.2) is 5.76 Å². The molecule has 0 unspecified atom stereocenters. The van der Waals surface area contributed by atoms with Crippen LogP contribution in [0.25, 0.3) is 11.3 Å². The first-order valence-corrected chi connectivity index (χ1v) is 5.60. The lowest BCUT2D eigenvalue weighted by Crippen LogP contribution is -2.21. The van der Waals surface area contributed by atoms with Crippen molar-refractivity contribution in [3.8, 4) is 11.3 Å². The van der Waals surface area contributed by atoms with Crippen molar-refractivity contribution >= 4 is 0 Å². The van der Waals surface area contributed by atoms with Crippen LogP contribution in [0.15, 0.2) is 34.9 Å². The monoisotopic (exact) mass is 234 g/mol. The lowest BCUT2D eigenvalue weighted by Gasteiger charge is -2.04. The minimum absolute atomic E-state index is 0.299. The number of aromatic nitrogens is 1. The van der Waals surface area contributed by atoms with Gasteiger partial charge < -0.3 is 9.73 Å². The first-order chi connectivity index (χ1) is 8.16. The Hall–Kier alpha value is -1.68. The van der Waals surface area contributed by atoms with Gasteiger partial charge in [-0.1, -0.05) is 26.0 Å². The molecule has 0 saturated heterocycles. The Bertz CT molecular complexity index is 494. The third kappa shape index (κ3) is 2.91. The molecular weight excluding hydrogens is 219 g/mol. The van der Waals surface area contributed by atoms with E-state index in [4.69, 9.17) is 4.42 Å². The van der Waals surface area contributed by atoms with E-state index in [1.807, 2.05) is 13.8 Å². The average molecular weight is 234 g/mol. The standard InChI is InChI=1S/C13H15FN2O/c1-9(2)15-8-13-16-7-12(17-13)10-5-3-4-6-11(10)14/h3-7,9,15H,8H2,1-2H3. The SMILES string of the molecule is CC(C)NCc1ncc(-c2ccccc2F)o1. The highest BCUT2D eigenvalue weighted by Gasteiger charge is 2.10. The Morgan fingerprint density at radius 3 is 2.82 bits per heavy atom. The predicted octanol–water partition coefficient (Wildman–Crippen LogP) is 2.98. The van der Waals surface area contributed by atoms with E-state index in [0.29, 0.717) is 29.8 Å². The Morgan fingerprint density at radius 2 is 2.12 bits per heavy atom. The van der Waals surface area contributed by atoms with Crippen molar-refractivity contribution in [2.75, 3.05) is 0 Å². The second kappa shape index (κ2) is 5.10. The molecule has 1 aromatic heterocycles. The molecule has 0 bridgehead atoms. The van der Waals surface area contributed by atoms with Crippen LogP contribution < -0.4 is 5.32 Å². The van der Waals surface area contributed by atoms with Crippen LogP contribution in [0.2, 0.25) is 0 Å². The molecule has 0 atom stereocenters. The van der Waals surface area contributed by atoms with Gasteiger partial charge in [0.1, 0.15) is 5.82 Å². The minimum Gasteiger partial charge on any atom is -0.439 e. The Morgan fingerprint density at radius 1 is 1.35 bits per heavy atom. The fraction of sp³-hybridized carbons (Fsp3) is 0.308. The third-order valence-corrected chi connectivity index (χ3v) is 2.35. The first kappa shape index (κ1) is 11.8. The van der Waals surface area contributed by atoms with Crippen LogP contribution in [0.3, 0.4) is 0 Å². The molecule has 4 heteroatoms. The molecule has 0 spiro atoms. The highest BCUT2D eigenvalue weighted by atomic mass is 19.1. The molecule has 0 fully saturated rings. The van der Waals surface area contributed by atoms with E-state index < -0.39 is 0 Å². The topological polar surface area (TPSA) is 38.1 Å². The number of nitrogens with zero attached hydrogens (tertiary/aromatic N) is 1. The number of oxazole rings is 1. The van der Waals surface area contributed by atoms with E-state index in [2.05, 4.69) is 10.3 Å². The smallest absolute Gasteiger partial charge is 0.208 e. The highest BCUT2D eigenvalue weighted by Crippen LogP contribution is 2.23. The van der Waals surface area contributed by atoms with Crippen LogP contribution in [0.4, 0.5) is 4.39 Å². The van der Waals surface area contributed by atoms with E-state index in [-0.39, 0.29) is 5.82 Å². The van der Waals surface area contributed by atoms with Crippen molar-refractivity contribution < 1.29 is 8.81 Å². The molecule has 0 aliphatic rings. The van der Waals surface area contributed by atoms with Crippen molar-refractivity contribution in [3.63, 3.8) is 0 Å². The summed E-state index contributed by atoms with van der Waals surface area (Å²) in [6, 6.07) is 6.86. The van der Waals surface area contributed by atoms with Gasteiger partial charge in [-0.15, -0.1) is 0 Å². The fourth-order valence-corrected chi connectivity index (χ4v) is 1.47. The van der Waals surface area contributed by atoms with Gasteiger partial charge in [-0.05, 0) is 12.1 Å². The van der Waals surface area contributed by atoms with Gasteiger partial charge in [0.2, 0.25) is 5.89 Å². The summed E-state index contributed by atoms with van der Waals surface area (Å²) in [5.74, 6) is 0.729. The molecule has 0 saturated carbocycles. The maximum Gasteiger partial charge on any atom is 0.208 e. The minimum atomic E-state index is -0.299. The Kier molecular flexibility index (Phi) is 3.54. The zero-order chi connectivity index (χ0) is 12.3. The molecule has 3 nitrogen and oxygen atoms in total. The van der Waals surface area contributed by atoms with Gasteiger partial charge in [-0.25, -0.2) is 9.37 Å². The molecule has 0 radical (unpaired) electrons. The molecule has 0 aliphatic carbocycles. The number of halogens is 1. The molecule has 2 aromatic rings. The number of benzene rings is 1. The molecular formula is C13H15FN2O. The Balaban J connectivity index is 2.16. The number of rotatable bonds is 4. The van der Waals surface area contributed by atoms with Gasteiger partial charge in [-0.2, -0.15) is 0 Å². The van der Waals surface area contributed by atoms with E-state index in [0.717, 1.165) is 0 Å². The van der Waals surface area contributed by atoms with Gasteiger partial charge >= 0.3 is 0 Å². The predicted molar refractivity (Wildman–Crippen MR) is 63.9 cm³/mol. The van der Waals surface area contributed by atoms with Crippen LogP contribution in [0.1, 0.15) is 19.7 Å². The first-order valence-electron chi connectivity index (χ1n) is 5.60.